The monoisotopic (exact) mass is 528 g/mol. The summed E-state index contributed by atoms with van der Waals surface area (Å²) in [6.07, 6.45) is 2.00. The van der Waals surface area contributed by atoms with E-state index in [0.29, 0.717) is 17.3 Å². The topological polar surface area (TPSA) is 106 Å². The Balaban J connectivity index is 1.61. The van der Waals surface area contributed by atoms with Crippen LogP contribution >= 0.6 is 0 Å². The normalized spacial score (nSPS) is 12.8. The molecule has 0 bridgehead atoms. The molecule has 0 aliphatic carbocycles. The van der Waals surface area contributed by atoms with E-state index in [0.717, 1.165) is 35.4 Å². The Morgan fingerprint density at radius 1 is 1.03 bits per heavy atom. The molecule has 0 aliphatic heterocycles. The molecule has 1 atom stereocenters. The van der Waals surface area contributed by atoms with E-state index in [4.69, 9.17) is 0 Å². The number of benzene rings is 2. The molecule has 1 amide bonds. The molecule has 8 nitrogen and oxygen atoms in total. The van der Waals surface area contributed by atoms with E-state index in [1.807, 2.05) is 0 Å². The molecular weight excluding hydrogens is 511 g/mol. The number of aliphatic hydroxyl groups is 1. The van der Waals surface area contributed by atoms with Crippen molar-refractivity contribution in [3.63, 3.8) is 0 Å². The molecule has 2 aromatic heterocycles. The first-order valence-electron chi connectivity index (χ1n) is 10.8. The molecular formula is C25H17F5N6O2. The number of nitrogens with zero attached hydrogens (tertiary/aromatic N) is 5. The maximum absolute atomic E-state index is 15.8. The van der Waals surface area contributed by atoms with E-state index >= 15 is 8.78 Å². The number of anilines is 1. The minimum atomic E-state index is -4.19. The van der Waals surface area contributed by atoms with Gasteiger partial charge in [0.1, 0.15) is 23.7 Å². The zero-order valence-corrected chi connectivity index (χ0v) is 19.2. The van der Waals surface area contributed by atoms with Gasteiger partial charge in [0, 0.05) is 34.6 Å². The summed E-state index contributed by atoms with van der Waals surface area (Å²) in [7, 11) is 0. The number of amides is 1. The van der Waals surface area contributed by atoms with E-state index in [1.165, 1.54) is 18.2 Å². The molecule has 4 rings (SSSR count). The fraction of sp³-hybridized carbons (Fsp3) is 0.160. The second kappa shape index (κ2) is 10.7. The number of hydrogen-bond donors (Lipinski definition) is 2. The second-order valence-corrected chi connectivity index (χ2v) is 8.01. The third kappa shape index (κ3) is 5.50. The van der Waals surface area contributed by atoms with Crippen molar-refractivity contribution in [3.8, 4) is 11.8 Å². The minimum absolute atomic E-state index is 0.247. The zero-order chi connectivity index (χ0) is 27.3. The maximum atomic E-state index is 15.8. The molecule has 1 unspecified atom stereocenters. The number of carbonyl (C=O) groups is 1. The molecule has 0 fully saturated rings. The van der Waals surface area contributed by atoms with Crippen molar-refractivity contribution in [2.45, 2.75) is 18.1 Å². The number of halogens is 5. The number of nitrogens with one attached hydrogen (secondary N) is 1. The Morgan fingerprint density at radius 2 is 1.74 bits per heavy atom. The number of alkyl halides is 3. The highest BCUT2D eigenvalue weighted by atomic mass is 19.3. The number of carbonyl (C=O) groups excluding carboxylic acids is 1. The van der Waals surface area contributed by atoms with Gasteiger partial charge >= 0.3 is 5.92 Å². The second-order valence-electron chi connectivity index (χ2n) is 8.01. The van der Waals surface area contributed by atoms with Crippen LogP contribution in [0.2, 0.25) is 0 Å². The standard InChI is InChI=1S/C25H17F5N6O2/c26-12-23(37)33-19-7-3-16(4-8-19)1-2-17-5-10-22(31-13-17)25(29,30)24(38,14-36-15-32-34-35-36)20-9-6-18(27)11-21(20)28/h3-11,13,15,38H,12,14H2,(H,33,37). The molecule has 0 saturated carbocycles. The van der Waals surface area contributed by atoms with Crippen LogP contribution in [0, 0.1) is 23.5 Å². The van der Waals surface area contributed by atoms with E-state index in [-0.39, 0.29) is 5.56 Å². The van der Waals surface area contributed by atoms with Gasteiger partial charge in [-0.1, -0.05) is 11.8 Å². The molecule has 0 spiro atoms. The minimum Gasteiger partial charge on any atom is -0.377 e. The quantitative estimate of drug-likeness (QED) is 0.282. The first-order chi connectivity index (χ1) is 18.1. The Bertz CT molecular complexity index is 1490. The van der Waals surface area contributed by atoms with E-state index < -0.39 is 53.5 Å². The predicted octanol–water partition coefficient (Wildman–Crippen LogP) is 3.33. The lowest BCUT2D eigenvalue weighted by Crippen LogP contribution is -2.48. The third-order valence-electron chi connectivity index (χ3n) is 5.40. The highest BCUT2D eigenvalue weighted by Crippen LogP contribution is 2.46. The lowest BCUT2D eigenvalue weighted by molar-refractivity contribution is -0.207. The van der Waals surface area contributed by atoms with Crippen molar-refractivity contribution in [3.05, 3.63) is 101 Å². The molecule has 2 N–H and O–H groups in total. The number of hydrogen-bond acceptors (Lipinski definition) is 6. The molecule has 0 aliphatic rings. The van der Waals surface area contributed by atoms with Gasteiger partial charge in [-0.05, 0) is 59.0 Å². The molecule has 2 aromatic carbocycles. The van der Waals surface area contributed by atoms with Gasteiger partial charge in [0.05, 0.1) is 6.54 Å². The van der Waals surface area contributed by atoms with Crippen LogP contribution in [0.4, 0.5) is 27.6 Å². The fourth-order valence-electron chi connectivity index (χ4n) is 3.51. The van der Waals surface area contributed by atoms with Crippen molar-refractivity contribution in [1.82, 2.24) is 25.2 Å². The Labute approximate surface area is 212 Å². The van der Waals surface area contributed by atoms with Crippen LogP contribution in [0.3, 0.4) is 0 Å². The van der Waals surface area contributed by atoms with Crippen molar-refractivity contribution in [2.24, 2.45) is 0 Å². The van der Waals surface area contributed by atoms with Crippen LogP contribution in [0.5, 0.6) is 0 Å². The van der Waals surface area contributed by atoms with Crippen molar-refractivity contribution in [1.29, 1.82) is 0 Å². The van der Waals surface area contributed by atoms with Crippen LogP contribution in [0.15, 0.2) is 67.1 Å². The molecule has 0 saturated heterocycles. The van der Waals surface area contributed by atoms with Crippen LogP contribution in [-0.4, -0.2) is 42.9 Å². The Hall–Kier alpha value is -4.70. The molecule has 4 aromatic rings. The highest BCUT2D eigenvalue weighted by molar-refractivity contribution is 5.91. The van der Waals surface area contributed by atoms with Crippen LogP contribution in [0.25, 0.3) is 0 Å². The van der Waals surface area contributed by atoms with E-state index in [9.17, 15) is 23.1 Å². The smallest absolute Gasteiger partial charge is 0.323 e. The maximum Gasteiger partial charge on any atom is 0.323 e. The van der Waals surface area contributed by atoms with Crippen LogP contribution in [0.1, 0.15) is 22.4 Å². The van der Waals surface area contributed by atoms with Gasteiger partial charge in [0.15, 0.2) is 12.3 Å². The number of pyridine rings is 1. The summed E-state index contributed by atoms with van der Waals surface area (Å²) in [5.41, 5.74) is -3.90. The van der Waals surface area contributed by atoms with Crippen molar-refractivity contribution in [2.75, 3.05) is 12.0 Å². The molecule has 0 radical (unpaired) electrons. The largest absolute Gasteiger partial charge is 0.377 e. The fourth-order valence-corrected chi connectivity index (χ4v) is 3.51. The average Bonchev–Trinajstić information content (AvgIpc) is 3.41. The first kappa shape index (κ1) is 26.4. The summed E-state index contributed by atoms with van der Waals surface area (Å²) < 4.78 is 72.6. The highest BCUT2D eigenvalue weighted by Gasteiger charge is 2.57. The average molecular weight is 528 g/mol. The predicted molar refractivity (Wildman–Crippen MR) is 123 cm³/mol. The first-order valence-corrected chi connectivity index (χ1v) is 10.8. The number of tetrazole rings is 1. The Morgan fingerprint density at radius 3 is 2.34 bits per heavy atom. The van der Waals surface area contributed by atoms with Crippen LogP contribution < -0.4 is 5.32 Å². The van der Waals surface area contributed by atoms with Gasteiger partial charge < -0.3 is 10.4 Å². The molecule has 13 heteroatoms. The third-order valence-corrected chi connectivity index (χ3v) is 5.40. The van der Waals surface area contributed by atoms with Gasteiger partial charge in [-0.15, -0.1) is 5.10 Å². The SMILES string of the molecule is O=C(CF)Nc1ccc(C#Cc2ccc(C(F)(F)C(O)(Cn3cnnn3)c3ccc(F)cc3F)nc2)cc1. The summed E-state index contributed by atoms with van der Waals surface area (Å²) in [6, 6.07) is 10.1. The lowest BCUT2D eigenvalue weighted by Gasteiger charge is -2.35. The van der Waals surface area contributed by atoms with E-state index in [2.05, 4.69) is 37.7 Å². The van der Waals surface area contributed by atoms with Gasteiger partial charge in [0.25, 0.3) is 5.91 Å². The summed E-state index contributed by atoms with van der Waals surface area (Å²) in [4.78, 5) is 14.8. The molecule has 38 heavy (non-hydrogen) atoms. The summed E-state index contributed by atoms with van der Waals surface area (Å²) in [5, 5.41) is 23.6. The zero-order valence-electron chi connectivity index (χ0n) is 19.2. The van der Waals surface area contributed by atoms with Gasteiger partial charge in [-0.25, -0.2) is 17.9 Å². The number of aromatic nitrogens is 5. The Kier molecular flexibility index (Phi) is 7.45. The van der Waals surface area contributed by atoms with Gasteiger partial charge in [-0.3, -0.25) is 9.78 Å². The summed E-state index contributed by atoms with van der Waals surface area (Å²) >= 11 is 0. The van der Waals surface area contributed by atoms with Crippen LogP contribution in [-0.2, 0) is 22.9 Å². The summed E-state index contributed by atoms with van der Waals surface area (Å²) in [5.74, 6) is -1.87. The van der Waals surface area contributed by atoms with Crippen molar-refractivity contribution < 1.29 is 31.9 Å². The lowest BCUT2D eigenvalue weighted by atomic mass is 9.84. The van der Waals surface area contributed by atoms with E-state index in [1.54, 1.807) is 12.1 Å². The molecule has 194 valence electrons. The van der Waals surface area contributed by atoms with Gasteiger partial charge in [-0.2, -0.15) is 8.78 Å². The van der Waals surface area contributed by atoms with Gasteiger partial charge in [0.2, 0.25) is 0 Å². The van der Waals surface area contributed by atoms with Crippen molar-refractivity contribution >= 4 is 11.6 Å². The number of rotatable bonds is 7. The summed E-state index contributed by atoms with van der Waals surface area (Å²) in [6.45, 7) is -2.13. The molecule has 2 heterocycles.